The molecule has 0 bridgehead atoms. The molecule has 0 saturated carbocycles. The van der Waals surface area contributed by atoms with Gasteiger partial charge in [0.25, 0.3) is 5.79 Å². The van der Waals surface area contributed by atoms with Crippen LogP contribution in [0.5, 0.6) is 0 Å². The number of rotatable bonds is 2. The Morgan fingerprint density at radius 2 is 1.67 bits per heavy atom. The van der Waals surface area contributed by atoms with Crippen LogP contribution in [0.25, 0.3) is 0 Å². The summed E-state index contributed by atoms with van der Waals surface area (Å²) in [6, 6.07) is 0.132. The van der Waals surface area contributed by atoms with E-state index in [1.54, 1.807) is 0 Å². The molecule has 1 aliphatic rings. The van der Waals surface area contributed by atoms with Gasteiger partial charge in [-0.1, -0.05) is 0 Å². The third-order valence-electron chi connectivity index (χ3n) is 1.68. The van der Waals surface area contributed by atoms with E-state index < -0.39 is 17.7 Å². The van der Waals surface area contributed by atoms with E-state index in [-0.39, 0.29) is 11.6 Å². The topological polar surface area (TPSA) is 64.6 Å². The molecule has 84 valence electrons. The van der Waals surface area contributed by atoms with Crippen molar-refractivity contribution in [3.05, 3.63) is 11.8 Å². The molecule has 1 heterocycles. The first-order valence-electron chi connectivity index (χ1n) is 4.75. The summed E-state index contributed by atoms with van der Waals surface area (Å²) in [7, 11) is 0. The summed E-state index contributed by atoms with van der Waals surface area (Å²) < 4.78 is 9.80. The fourth-order valence-electron chi connectivity index (χ4n) is 1.03. The van der Waals surface area contributed by atoms with E-state index in [0.29, 0.717) is 0 Å². The SMILES string of the molecule is CC(C)NC=C1C(=O)OC(C)(C)OC1=O. The zero-order chi connectivity index (χ0) is 11.6. The lowest BCUT2D eigenvalue weighted by Crippen LogP contribution is -2.42. The van der Waals surface area contributed by atoms with E-state index in [9.17, 15) is 9.59 Å². The highest BCUT2D eigenvalue weighted by Gasteiger charge is 2.38. The van der Waals surface area contributed by atoms with Gasteiger partial charge in [-0.25, -0.2) is 9.59 Å². The fraction of sp³-hybridized carbons (Fsp3) is 0.600. The monoisotopic (exact) mass is 213 g/mol. The van der Waals surface area contributed by atoms with E-state index in [4.69, 9.17) is 9.47 Å². The van der Waals surface area contributed by atoms with Crippen LogP contribution in [0.4, 0.5) is 0 Å². The Kier molecular flexibility index (Phi) is 3.02. The molecule has 1 rings (SSSR count). The minimum atomic E-state index is -1.18. The molecule has 15 heavy (non-hydrogen) atoms. The second-order valence-electron chi connectivity index (χ2n) is 4.06. The summed E-state index contributed by atoms with van der Waals surface area (Å²) in [6.07, 6.45) is 1.32. The zero-order valence-corrected chi connectivity index (χ0v) is 9.29. The van der Waals surface area contributed by atoms with Crippen molar-refractivity contribution in [2.45, 2.75) is 39.5 Å². The highest BCUT2D eigenvalue weighted by atomic mass is 16.7. The smallest absolute Gasteiger partial charge is 0.350 e. The normalized spacial score (nSPS) is 19.7. The summed E-state index contributed by atoms with van der Waals surface area (Å²) in [5.74, 6) is -2.50. The van der Waals surface area contributed by atoms with Crippen LogP contribution in [0.1, 0.15) is 27.7 Å². The van der Waals surface area contributed by atoms with Crippen LogP contribution < -0.4 is 5.32 Å². The Balaban J connectivity index is 2.80. The predicted molar refractivity (Wildman–Crippen MR) is 52.6 cm³/mol. The zero-order valence-electron chi connectivity index (χ0n) is 9.29. The lowest BCUT2D eigenvalue weighted by Gasteiger charge is -2.29. The molecule has 0 unspecified atom stereocenters. The molecule has 5 nitrogen and oxygen atoms in total. The van der Waals surface area contributed by atoms with E-state index in [1.807, 2.05) is 13.8 Å². The average Bonchev–Trinajstić information content (AvgIpc) is 1.98. The first-order valence-corrected chi connectivity index (χ1v) is 4.75. The van der Waals surface area contributed by atoms with Crippen LogP contribution in [-0.4, -0.2) is 23.8 Å². The number of nitrogens with one attached hydrogen (secondary N) is 1. The highest BCUT2D eigenvalue weighted by Crippen LogP contribution is 2.21. The lowest BCUT2D eigenvalue weighted by atomic mass is 10.2. The van der Waals surface area contributed by atoms with Gasteiger partial charge in [0.1, 0.15) is 0 Å². The summed E-state index contributed by atoms with van der Waals surface area (Å²) in [6.45, 7) is 6.80. The quantitative estimate of drug-likeness (QED) is 0.415. The Bertz CT molecular complexity index is 295. The van der Waals surface area contributed by atoms with E-state index in [0.717, 1.165) is 0 Å². The molecule has 1 fully saturated rings. The third kappa shape index (κ3) is 2.97. The molecule has 1 aliphatic heterocycles. The number of hydrogen-bond donors (Lipinski definition) is 1. The van der Waals surface area contributed by atoms with Crippen LogP contribution >= 0.6 is 0 Å². The maximum atomic E-state index is 11.4. The molecule has 5 heteroatoms. The number of esters is 2. The molecule has 0 aromatic carbocycles. The Morgan fingerprint density at radius 1 is 1.20 bits per heavy atom. The molecular formula is C10H15NO4. The van der Waals surface area contributed by atoms with Crippen molar-refractivity contribution < 1.29 is 19.1 Å². The van der Waals surface area contributed by atoms with Crippen molar-refractivity contribution in [1.82, 2.24) is 5.32 Å². The van der Waals surface area contributed by atoms with Crippen LogP contribution in [0, 0.1) is 0 Å². The first-order chi connectivity index (χ1) is 6.82. The van der Waals surface area contributed by atoms with Gasteiger partial charge in [-0.3, -0.25) is 0 Å². The number of ether oxygens (including phenoxy) is 2. The largest absolute Gasteiger partial charge is 0.419 e. The van der Waals surface area contributed by atoms with Gasteiger partial charge in [0.05, 0.1) is 0 Å². The molecule has 1 saturated heterocycles. The Hall–Kier alpha value is -1.52. The van der Waals surface area contributed by atoms with Crippen molar-refractivity contribution in [3.8, 4) is 0 Å². The van der Waals surface area contributed by atoms with Crippen LogP contribution in [0.15, 0.2) is 11.8 Å². The summed E-state index contributed by atoms with van der Waals surface area (Å²) in [4.78, 5) is 22.8. The molecule has 0 aliphatic carbocycles. The predicted octanol–water partition coefficient (Wildman–Crippen LogP) is 0.704. The van der Waals surface area contributed by atoms with Gasteiger partial charge in [0.2, 0.25) is 0 Å². The molecule has 0 aromatic rings. The minimum absolute atomic E-state index is 0.108. The molecular weight excluding hydrogens is 198 g/mol. The van der Waals surface area contributed by atoms with Crippen LogP contribution in [0.2, 0.25) is 0 Å². The number of carbonyl (C=O) groups is 2. The van der Waals surface area contributed by atoms with E-state index >= 15 is 0 Å². The number of carbonyl (C=O) groups excluding carboxylic acids is 2. The summed E-state index contributed by atoms with van der Waals surface area (Å²) in [5.41, 5.74) is -0.108. The first kappa shape index (κ1) is 11.6. The van der Waals surface area contributed by atoms with Crippen LogP contribution in [-0.2, 0) is 19.1 Å². The lowest BCUT2D eigenvalue weighted by molar-refractivity contribution is -0.222. The van der Waals surface area contributed by atoms with Crippen molar-refractivity contribution in [1.29, 1.82) is 0 Å². The van der Waals surface area contributed by atoms with Gasteiger partial charge in [-0.05, 0) is 13.8 Å². The van der Waals surface area contributed by atoms with E-state index in [2.05, 4.69) is 5.32 Å². The van der Waals surface area contributed by atoms with Crippen molar-refractivity contribution >= 4 is 11.9 Å². The van der Waals surface area contributed by atoms with Crippen molar-refractivity contribution in [2.24, 2.45) is 0 Å². The van der Waals surface area contributed by atoms with Crippen molar-refractivity contribution in [2.75, 3.05) is 0 Å². The standard InChI is InChI=1S/C10H15NO4/c1-6(2)11-5-7-8(12)14-10(3,4)15-9(7)13/h5-6,11H,1-4H3. The maximum Gasteiger partial charge on any atom is 0.350 e. The third-order valence-corrected chi connectivity index (χ3v) is 1.68. The van der Waals surface area contributed by atoms with Gasteiger partial charge in [-0.15, -0.1) is 0 Å². The Morgan fingerprint density at radius 3 is 2.07 bits per heavy atom. The fourth-order valence-corrected chi connectivity index (χ4v) is 1.03. The second-order valence-corrected chi connectivity index (χ2v) is 4.06. The van der Waals surface area contributed by atoms with E-state index in [1.165, 1.54) is 20.0 Å². The van der Waals surface area contributed by atoms with Gasteiger partial charge >= 0.3 is 11.9 Å². The summed E-state index contributed by atoms with van der Waals surface area (Å²) in [5, 5.41) is 2.84. The van der Waals surface area contributed by atoms with Gasteiger partial charge in [-0.2, -0.15) is 0 Å². The molecule has 1 N–H and O–H groups in total. The molecule has 0 atom stereocenters. The molecule has 0 aromatic heterocycles. The highest BCUT2D eigenvalue weighted by molar-refractivity contribution is 6.15. The molecule has 0 amide bonds. The maximum absolute atomic E-state index is 11.4. The van der Waals surface area contributed by atoms with Crippen molar-refractivity contribution in [3.63, 3.8) is 0 Å². The van der Waals surface area contributed by atoms with Gasteiger partial charge < -0.3 is 14.8 Å². The average molecular weight is 213 g/mol. The minimum Gasteiger partial charge on any atom is -0.419 e. The van der Waals surface area contributed by atoms with Crippen LogP contribution in [0.3, 0.4) is 0 Å². The number of hydrogen-bond acceptors (Lipinski definition) is 5. The molecule has 0 spiro atoms. The van der Waals surface area contributed by atoms with Gasteiger partial charge in [0.15, 0.2) is 5.57 Å². The Labute approximate surface area is 88.4 Å². The second kappa shape index (κ2) is 3.92. The van der Waals surface area contributed by atoms with Gasteiger partial charge in [0, 0.05) is 26.1 Å². The molecule has 0 radical (unpaired) electrons. The number of cyclic esters (lactones) is 2. The summed E-state index contributed by atoms with van der Waals surface area (Å²) >= 11 is 0.